The van der Waals surface area contributed by atoms with Crippen LogP contribution in [0.25, 0.3) is 33.4 Å². The van der Waals surface area contributed by atoms with Crippen molar-refractivity contribution in [3.8, 4) is 33.4 Å². The molecule has 0 aliphatic carbocycles. The molecule has 0 aliphatic heterocycles. The van der Waals surface area contributed by atoms with Gasteiger partial charge in [-0.25, -0.2) is 17.6 Å². The van der Waals surface area contributed by atoms with Gasteiger partial charge in [-0.3, -0.25) is 0 Å². The zero-order valence-corrected chi connectivity index (χ0v) is 15.5. The van der Waals surface area contributed by atoms with Gasteiger partial charge in [0.25, 0.3) is 0 Å². The van der Waals surface area contributed by atoms with E-state index < -0.39 is 23.3 Å². The SMILES string of the molecule is Cc1ccc(-c2ccc(-c3ccc(-c4cc(F)c(F)c(F)c4)c(F)c3)cc2)cc1. The third kappa shape index (κ3) is 3.79. The van der Waals surface area contributed by atoms with Gasteiger partial charge in [-0.1, -0.05) is 66.2 Å². The standard InChI is InChI=1S/C25H16F4/c1-15-2-4-16(5-3-15)17-6-8-18(9-7-17)19-10-11-21(22(26)12-19)20-13-23(27)25(29)24(28)14-20/h2-14H,1H3. The Hall–Kier alpha value is -3.40. The molecule has 144 valence electrons. The Balaban J connectivity index is 1.65. The molecule has 0 atom stereocenters. The molecule has 0 saturated carbocycles. The van der Waals surface area contributed by atoms with Crippen molar-refractivity contribution in [3.05, 3.63) is 108 Å². The normalized spacial score (nSPS) is 10.9. The van der Waals surface area contributed by atoms with E-state index in [9.17, 15) is 17.6 Å². The molecule has 0 saturated heterocycles. The van der Waals surface area contributed by atoms with Gasteiger partial charge in [-0.2, -0.15) is 0 Å². The first-order chi connectivity index (χ1) is 13.9. The molecule has 0 amide bonds. The molecule has 0 unspecified atom stereocenters. The van der Waals surface area contributed by atoms with Gasteiger partial charge in [-0.15, -0.1) is 0 Å². The van der Waals surface area contributed by atoms with Crippen LogP contribution in [0, 0.1) is 30.2 Å². The number of rotatable bonds is 3. The molecule has 0 heterocycles. The van der Waals surface area contributed by atoms with Gasteiger partial charge < -0.3 is 0 Å². The molecular formula is C25H16F4. The molecule has 4 aromatic carbocycles. The summed E-state index contributed by atoms with van der Waals surface area (Å²) in [4.78, 5) is 0. The summed E-state index contributed by atoms with van der Waals surface area (Å²) in [6, 6.07) is 21.8. The molecule has 4 aromatic rings. The third-order valence-electron chi connectivity index (χ3n) is 4.87. The van der Waals surface area contributed by atoms with Crippen LogP contribution in [0.4, 0.5) is 17.6 Å². The van der Waals surface area contributed by atoms with Crippen LogP contribution in [-0.2, 0) is 0 Å². The zero-order valence-electron chi connectivity index (χ0n) is 15.5. The Bertz CT molecular complexity index is 1150. The summed E-state index contributed by atoms with van der Waals surface area (Å²) in [5.41, 5.74) is 4.70. The lowest BCUT2D eigenvalue weighted by atomic mass is 9.97. The molecule has 0 nitrogen and oxygen atoms in total. The fourth-order valence-electron chi connectivity index (χ4n) is 3.24. The van der Waals surface area contributed by atoms with Gasteiger partial charge in [0.2, 0.25) is 0 Å². The molecule has 0 aromatic heterocycles. The van der Waals surface area contributed by atoms with Crippen molar-refractivity contribution in [1.82, 2.24) is 0 Å². The van der Waals surface area contributed by atoms with E-state index in [1.807, 2.05) is 55.5 Å². The third-order valence-corrected chi connectivity index (χ3v) is 4.87. The van der Waals surface area contributed by atoms with Crippen LogP contribution in [0.15, 0.2) is 78.9 Å². The molecule has 0 aliphatic rings. The zero-order chi connectivity index (χ0) is 20.5. The number of aryl methyl sites for hydroxylation is 1. The highest BCUT2D eigenvalue weighted by Gasteiger charge is 2.14. The van der Waals surface area contributed by atoms with Gasteiger partial charge in [0.15, 0.2) is 17.5 Å². The monoisotopic (exact) mass is 392 g/mol. The van der Waals surface area contributed by atoms with Crippen LogP contribution in [-0.4, -0.2) is 0 Å². The van der Waals surface area contributed by atoms with Crippen molar-refractivity contribution in [1.29, 1.82) is 0 Å². The van der Waals surface area contributed by atoms with Crippen molar-refractivity contribution in [2.24, 2.45) is 0 Å². The number of hydrogen-bond acceptors (Lipinski definition) is 0. The topological polar surface area (TPSA) is 0 Å². The maximum Gasteiger partial charge on any atom is 0.194 e. The summed E-state index contributed by atoms with van der Waals surface area (Å²) in [6.07, 6.45) is 0. The van der Waals surface area contributed by atoms with Crippen LogP contribution < -0.4 is 0 Å². The Morgan fingerprint density at radius 3 is 1.38 bits per heavy atom. The van der Waals surface area contributed by atoms with Crippen LogP contribution >= 0.6 is 0 Å². The van der Waals surface area contributed by atoms with Crippen LogP contribution in [0.1, 0.15) is 5.56 Å². The van der Waals surface area contributed by atoms with Crippen LogP contribution in [0.3, 0.4) is 0 Å². The lowest BCUT2D eigenvalue weighted by Gasteiger charge is -2.09. The minimum atomic E-state index is -1.57. The van der Waals surface area contributed by atoms with Crippen LogP contribution in [0.5, 0.6) is 0 Å². The minimum absolute atomic E-state index is 0.00262. The van der Waals surface area contributed by atoms with E-state index in [0.717, 1.165) is 28.8 Å². The quantitative estimate of drug-likeness (QED) is 0.249. The summed E-state index contributed by atoms with van der Waals surface area (Å²) in [5, 5.41) is 0. The summed E-state index contributed by atoms with van der Waals surface area (Å²) >= 11 is 0. The largest absolute Gasteiger partial charge is 0.206 e. The highest BCUT2D eigenvalue weighted by molar-refractivity contribution is 5.73. The Kier molecular flexibility index (Phi) is 4.93. The highest BCUT2D eigenvalue weighted by atomic mass is 19.2. The molecule has 29 heavy (non-hydrogen) atoms. The second-order valence-electron chi connectivity index (χ2n) is 6.89. The first kappa shape index (κ1) is 18.9. The maximum absolute atomic E-state index is 14.6. The average molecular weight is 392 g/mol. The summed E-state index contributed by atoms with van der Waals surface area (Å²) in [6.45, 7) is 2.03. The fraction of sp³-hybridized carbons (Fsp3) is 0.0400. The number of benzene rings is 4. The molecule has 0 bridgehead atoms. The van der Waals surface area contributed by atoms with Gasteiger partial charge in [0.05, 0.1) is 0 Å². The fourth-order valence-corrected chi connectivity index (χ4v) is 3.24. The number of halogens is 4. The Morgan fingerprint density at radius 1 is 0.448 bits per heavy atom. The molecule has 4 heteroatoms. The van der Waals surface area contributed by atoms with E-state index in [0.29, 0.717) is 5.56 Å². The van der Waals surface area contributed by atoms with Crippen LogP contribution in [0.2, 0.25) is 0 Å². The lowest BCUT2D eigenvalue weighted by molar-refractivity contribution is 0.447. The highest BCUT2D eigenvalue weighted by Crippen LogP contribution is 2.31. The Labute approximate surface area is 166 Å². The van der Waals surface area contributed by atoms with E-state index in [4.69, 9.17) is 0 Å². The van der Waals surface area contributed by atoms with E-state index >= 15 is 0 Å². The minimum Gasteiger partial charge on any atom is -0.206 e. The summed E-state index contributed by atoms with van der Waals surface area (Å²) in [5.74, 6) is -4.92. The molecule has 0 radical (unpaired) electrons. The van der Waals surface area contributed by atoms with Crippen molar-refractivity contribution < 1.29 is 17.6 Å². The molecular weight excluding hydrogens is 376 g/mol. The average Bonchev–Trinajstić information content (AvgIpc) is 2.72. The van der Waals surface area contributed by atoms with E-state index in [1.165, 1.54) is 17.7 Å². The molecule has 0 spiro atoms. The predicted octanol–water partition coefficient (Wildman–Crippen LogP) is 7.55. The van der Waals surface area contributed by atoms with Gasteiger partial charge >= 0.3 is 0 Å². The van der Waals surface area contributed by atoms with E-state index in [-0.39, 0.29) is 11.1 Å². The second kappa shape index (κ2) is 7.55. The first-order valence-corrected chi connectivity index (χ1v) is 9.04. The van der Waals surface area contributed by atoms with E-state index in [1.54, 1.807) is 6.07 Å². The second-order valence-corrected chi connectivity index (χ2v) is 6.89. The first-order valence-electron chi connectivity index (χ1n) is 9.04. The van der Waals surface area contributed by atoms with Crippen molar-refractivity contribution in [3.63, 3.8) is 0 Å². The molecule has 0 N–H and O–H groups in total. The van der Waals surface area contributed by atoms with E-state index in [2.05, 4.69) is 0 Å². The van der Waals surface area contributed by atoms with Crippen molar-refractivity contribution in [2.75, 3.05) is 0 Å². The van der Waals surface area contributed by atoms with Crippen molar-refractivity contribution in [2.45, 2.75) is 6.92 Å². The van der Waals surface area contributed by atoms with Gasteiger partial charge in [0, 0.05) is 5.56 Å². The number of hydrogen-bond donors (Lipinski definition) is 0. The van der Waals surface area contributed by atoms with Gasteiger partial charge in [-0.05, 0) is 52.9 Å². The summed E-state index contributed by atoms with van der Waals surface area (Å²) in [7, 11) is 0. The lowest BCUT2D eigenvalue weighted by Crippen LogP contribution is -1.94. The maximum atomic E-state index is 14.6. The molecule has 4 rings (SSSR count). The van der Waals surface area contributed by atoms with Crippen molar-refractivity contribution >= 4 is 0 Å². The Morgan fingerprint density at radius 2 is 0.862 bits per heavy atom. The predicted molar refractivity (Wildman–Crippen MR) is 107 cm³/mol. The van der Waals surface area contributed by atoms with Gasteiger partial charge in [0.1, 0.15) is 5.82 Å². The smallest absolute Gasteiger partial charge is 0.194 e. The molecule has 0 fully saturated rings. The summed E-state index contributed by atoms with van der Waals surface area (Å²) < 4.78 is 54.7.